The molecule has 1 aromatic heterocycles. The van der Waals surface area contributed by atoms with Crippen molar-refractivity contribution in [2.75, 3.05) is 44.9 Å². The average Bonchev–Trinajstić information content (AvgIpc) is 2.75. The number of nitrogens with one attached hydrogen (secondary N) is 2. The van der Waals surface area contributed by atoms with Crippen molar-refractivity contribution in [3.63, 3.8) is 0 Å². The predicted molar refractivity (Wildman–Crippen MR) is 142 cm³/mol. The lowest BCUT2D eigenvalue weighted by Gasteiger charge is -2.28. The molecule has 35 heavy (non-hydrogen) atoms. The van der Waals surface area contributed by atoms with Crippen molar-refractivity contribution in [2.24, 2.45) is 5.41 Å². The van der Waals surface area contributed by atoms with E-state index in [0.717, 1.165) is 35.1 Å². The number of ether oxygens (including phenoxy) is 2. The predicted octanol–water partition coefficient (Wildman–Crippen LogP) is 5.65. The second-order valence-electron chi connectivity index (χ2n) is 10.8. The first-order valence-corrected chi connectivity index (χ1v) is 11.7. The van der Waals surface area contributed by atoms with Gasteiger partial charge in [-0.2, -0.15) is 0 Å². The number of benzene rings is 2. The van der Waals surface area contributed by atoms with Crippen LogP contribution in [-0.4, -0.2) is 60.9 Å². The Kier molecular flexibility index (Phi) is 7.85. The number of methoxy groups -OCH3 is 1. The quantitative estimate of drug-likeness (QED) is 0.431. The van der Waals surface area contributed by atoms with Crippen LogP contribution in [0.2, 0.25) is 0 Å². The SMILES string of the molecule is COc1ccc2cc(-c3ccnc(NCC(C)(C)CN(C)C)n3)cc(NC(=O)OC(C)(C)C)c2c1. The minimum atomic E-state index is -0.608. The Morgan fingerprint density at radius 1 is 1.06 bits per heavy atom. The van der Waals surface area contributed by atoms with Crippen LogP contribution >= 0.6 is 0 Å². The van der Waals surface area contributed by atoms with Crippen LogP contribution in [0.25, 0.3) is 22.0 Å². The summed E-state index contributed by atoms with van der Waals surface area (Å²) in [7, 11) is 5.75. The van der Waals surface area contributed by atoms with Crippen molar-refractivity contribution in [3.05, 3.63) is 42.6 Å². The second kappa shape index (κ2) is 10.5. The monoisotopic (exact) mass is 479 g/mol. The van der Waals surface area contributed by atoms with Crippen LogP contribution in [-0.2, 0) is 4.74 Å². The van der Waals surface area contributed by atoms with E-state index in [9.17, 15) is 4.79 Å². The summed E-state index contributed by atoms with van der Waals surface area (Å²) >= 11 is 0. The van der Waals surface area contributed by atoms with Gasteiger partial charge in [-0.1, -0.05) is 19.9 Å². The van der Waals surface area contributed by atoms with E-state index in [-0.39, 0.29) is 5.41 Å². The molecule has 0 spiro atoms. The van der Waals surface area contributed by atoms with E-state index in [4.69, 9.17) is 14.5 Å². The minimum absolute atomic E-state index is 0.0510. The third kappa shape index (κ3) is 7.55. The summed E-state index contributed by atoms with van der Waals surface area (Å²) in [6, 6.07) is 11.5. The molecule has 0 atom stereocenters. The fourth-order valence-electron chi connectivity index (χ4n) is 3.96. The molecule has 2 aromatic carbocycles. The van der Waals surface area contributed by atoms with Gasteiger partial charge in [0.05, 0.1) is 18.5 Å². The minimum Gasteiger partial charge on any atom is -0.497 e. The number of aromatic nitrogens is 2. The Labute approximate surface area is 208 Å². The van der Waals surface area contributed by atoms with E-state index in [2.05, 4.69) is 48.5 Å². The molecule has 0 aliphatic heterocycles. The standard InChI is InChI=1S/C27H37N5O3/c1-26(2,3)35-25(33)31-23-14-19(13-18-9-10-20(34-8)15-21(18)23)22-11-12-28-24(30-22)29-16-27(4,5)17-32(6)7/h9-15H,16-17H2,1-8H3,(H,31,33)(H,28,29,30). The van der Waals surface area contributed by atoms with E-state index >= 15 is 0 Å². The van der Waals surface area contributed by atoms with E-state index in [1.54, 1.807) is 13.3 Å². The first kappa shape index (κ1) is 26.2. The molecule has 3 aromatic rings. The van der Waals surface area contributed by atoms with E-state index < -0.39 is 11.7 Å². The summed E-state index contributed by atoms with van der Waals surface area (Å²) < 4.78 is 10.9. The maximum absolute atomic E-state index is 12.6. The van der Waals surface area contributed by atoms with E-state index in [1.165, 1.54) is 0 Å². The number of carbonyl (C=O) groups excluding carboxylic acids is 1. The van der Waals surface area contributed by atoms with Gasteiger partial charge in [0, 0.05) is 30.2 Å². The summed E-state index contributed by atoms with van der Waals surface area (Å²) in [4.78, 5) is 23.9. The number of hydrogen-bond acceptors (Lipinski definition) is 7. The summed E-state index contributed by atoms with van der Waals surface area (Å²) in [6.45, 7) is 11.6. The molecule has 0 fully saturated rings. The van der Waals surface area contributed by atoms with Gasteiger partial charge >= 0.3 is 6.09 Å². The molecule has 0 aliphatic rings. The highest BCUT2D eigenvalue weighted by Crippen LogP contribution is 2.33. The highest BCUT2D eigenvalue weighted by atomic mass is 16.6. The number of anilines is 2. The first-order valence-electron chi connectivity index (χ1n) is 11.7. The van der Waals surface area contributed by atoms with Crippen LogP contribution in [0.4, 0.5) is 16.4 Å². The Morgan fingerprint density at radius 2 is 1.80 bits per heavy atom. The normalized spacial score (nSPS) is 12.0. The highest BCUT2D eigenvalue weighted by Gasteiger charge is 2.20. The first-order chi connectivity index (χ1) is 16.3. The topological polar surface area (TPSA) is 88.6 Å². The molecular formula is C27H37N5O3. The Hall–Kier alpha value is -3.39. The molecule has 0 aliphatic carbocycles. The molecule has 1 heterocycles. The Morgan fingerprint density at radius 3 is 2.46 bits per heavy atom. The number of hydrogen-bond donors (Lipinski definition) is 2. The summed E-state index contributed by atoms with van der Waals surface area (Å²) in [6.07, 6.45) is 1.22. The molecule has 0 bridgehead atoms. The lowest BCUT2D eigenvalue weighted by atomic mass is 9.93. The maximum atomic E-state index is 12.6. The van der Waals surface area contributed by atoms with Crippen molar-refractivity contribution in [1.29, 1.82) is 0 Å². The lowest BCUT2D eigenvalue weighted by Crippen LogP contribution is -2.34. The number of fused-ring (bicyclic) bond motifs is 1. The van der Waals surface area contributed by atoms with Crippen LogP contribution in [0.3, 0.4) is 0 Å². The van der Waals surface area contributed by atoms with E-state index in [0.29, 0.717) is 17.4 Å². The molecule has 0 unspecified atom stereocenters. The average molecular weight is 480 g/mol. The maximum Gasteiger partial charge on any atom is 0.412 e. The van der Waals surface area contributed by atoms with Gasteiger partial charge < -0.3 is 19.7 Å². The number of nitrogens with zero attached hydrogens (tertiary/aromatic N) is 3. The molecule has 0 radical (unpaired) electrons. The fraction of sp³-hybridized carbons (Fsp3) is 0.444. The van der Waals surface area contributed by atoms with E-state index in [1.807, 2.05) is 57.2 Å². The van der Waals surface area contributed by atoms with Crippen LogP contribution in [0.1, 0.15) is 34.6 Å². The Bertz CT molecular complexity index is 1190. The number of rotatable bonds is 8. The van der Waals surface area contributed by atoms with Gasteiger partial charge in [0.1, 0.15) is 11.4 Å². The fourth-order valence-corrected chi connectivity index (χ4v) is 3.96. The van der Waals surface area contributed by atoms with Crippen molar-refractivity contribution < 1.29 is 14.3 Å². The zero-order valence-electron chi connectivity index (χ0n) is 22.0. The summed E-state index contributed by atoms with van der Waals surface area (Å²) in [5.74, 6) is 1.26. The molecule has 8 heteroatoms. The molecule has 188 valence electrons. The van der Waals surface area contributed by atoms with Crippen molar-refractivity contribution in [1.82, 2.24) is 14.9 Å². The smallest absolute Gasteiger partial charge is 0.412 e. The van der Waals surface area contributed by atoms with Crippen LogP contribution in [0.15, 0.2) is 42.6 Å². The third-order valence-corrected chi connectivity index (χ3v) is 5.22. The zero-order chi connectivity index (χ0) is 25.8. The molecule has 8 nitrogen and oxygen atoms in total. The van der Waals surface area contributed by atoms with Gasteiger partial charge in [-0.15, -0.1) is 0 Å². The molecule has 0 saturated heterocycles. The van der Waals surface area contributed by atoms with Gasteiger partial charge in [0.2, 0.25) is 5.95 Å². The highest BCUT2D eigenvalue weighted by molar-refractivity contribution is 6.03. The number of amides is 1. The van der Waals surface area contributed by atoms with Crippen molar-refractivity contribution in [3.8, 4) is 17.0 Å². The molecular weight excluding hydrogens is 442 g/mol. The summed E-state index contributed by atoms with van der Waals surface area (Å²) in [5, 5.41) is 8.05. The van der Waals surface area contributed by atoms with Crippen molar-refractivity contribution in [2.45, 2.75) is 40.2 Å². The number of carbonyl (C=O) groups is 1. The molecule has 1 amide bonds. The van der Waals surface area contributed by atoms with Gasteiger partial charge in [-0.25, -0.2) is 14.8 Å². The largest absolute Gasteiger partial charge is 0.497 e. The van der Waals surface area contributed by atoms with Gasteiger partial charge in [-0.3, -0.25) is 5.32 Å². The zero-order valence-corrected chi connectivity index (χ0v) is 22.0. The van der Waals surface area contributed by atoms with Crippen molar-refractivity contribution >= 4 is 28.5 Å². The molecule has 0 saturated carbocycles. The Balaban J connectivity index is 1.95. The van der Waals surface area contributed by atoms with Crippen LogP contribution in [0, 0.1) is 5.41 Å². The van der Waals surface area contributed by atoms with Gasteiger partial charge in [0.15, 0.2) is 0 Å². The second-order valence-corrected chi connectivity index (χ2v) is 10.8. The van der Waals surface area contributed by atoms with Gasteiger partial charge in [0.25, 0.3) is 0 Å². The van der Waals surface area contributed by atoms with Crippen LogP contribution < -0.4 is 15.4 Å². The molecule has 3 rings (SSSR count). The summed E-state index contributed by atoms with van der Waals surface area (Å²) in [5.41, 5.74) is 1.66. The van der Waals surface area contributed by atoms with Crippen LogP contribution in [0.5, 0.6) is 5.75 Å². The van der Waals surface area contributed by atoms with Gasteiger partial charge in [-0.05, 0) is 76.0 Å². The lowest BCUT2D eigenvalue weighted by molar-refractivity contribution is 0.0636. The third-order valence-electron chi connectivity index (χ3n) is 5.22. The molecule has 2 N–H and O–H groups in total.